The molecule has 3 rings (SSSR count). The fraction of sp³-hybridized carbons (Fsp3) is 0.273. The van der Waals surface area contributed by atoms with Gasteiger partial charge in [0.2, 0.25) is 0 Å². The number of thiazole rings is 1. The van der Waals surface area contributed by atoms with Crippen molar-refractivity contribution in [2.75, 3.05) is 6.61 Å². The van der Waals surface area contributed by atoms with Crippen LogP contribution in [0.3, 0.4) is 0 Å². The van der Waals surface area contributed by atoms with E-state index in [0.29, 0.717) is 28.8 Å². The van der Waals surface area contributed by atoms with Crippen molar-refractivity contribution in [2.45, 2.75) is 37.5 Å². The lowest BCUT2D eigenvalue weighted by Crippen LogP contribution is -2.16. The summed E-state index contributed by atoms with van der Waals surface area (Å²) in [6, 6.07) is 13.6. The molecule has 0 fully saturated rings. The Morgan fingerprint density at radius 1 is 1.32 bits per heavy atom. The van der Waals surface area contributed by atoms with Gasteiger partial charge in [0.05, 0.1) is 16.8 Å². The van der Waals surface area contributed by atoms with Gasteiger partial charge in [-0.15, -0.1) is 18.3 Å². The van der Waals surface area contributed by atoms with Crippen LogP contribution in [0.1, 0.15) is 31.1 Å². The molecular formula is C22H24N2O2S2. The summed E-state index contributed by atoms with van der Waals surface area (Å²) in [7, 11) is 0. The molecular weight excluding hydrogens is 388 g/mol. The Morgan fingerprint density at radius 3 is 2.86 bits per heavy atom. The Hall–Kier alpha value is -2.31. The van der Waals surface area contributed by atoms with E-state index in [9.17, 15) is 4.79 Å². The number of allylic oxidation sites excluding steroid dienone is 1. The highest BCUT2D eigenvalue weighted by atomic mass is 32.2. The zero-order valence-corrected chi connectivity index (χ0v) is 18.0. The fourth-order valence-electron chi connectivity index (χ4n) is 2.83. The second-order valence-electron chi connectivity index (χ2n) is 6.46. The number of fused-ring (bicyclic) bond motifs is 1. The number of ether oxygens (including phenoxy) is 1. The molecule has 0 N–H and O–H groups in total. The van der Waals surface area contributed by atoms with Crippen LogP contribution in [0.2, 0.25) is 0 Å². The van der Waals surface area contributed by atoms with E-state index in [0.717, 1.165) is 20.9 Å². The van der Waals surface area contributed by atoms with Gasteiger partial charge in [-0.2, -0.15) is 4.99 Å². The Labute approximate surface area is 173 Å². The summed E-state index contributed by atoms with van der Waals surface area (Å²) < 4.78 is 8.63. The van der Waals surface area contributed by atoms with Crippen LogP contribution in [-0.2, 0) is 6.54 Å². The smallest absolute Gasteiger partial charge is 0.279 e. The van der Waals surface area contributed by atoms with Crippen molar-refractivity contribution >= 4 is 39.2 Å². The first-order valence-corrected chi connectivity index (χ1v) is 10.9. The summed E-state index contributed by atoms with van der Waals surface area (Å²) in [6.45, 7) is 11.3. The van der Waals surface area contributed by atoms with E-state index in [1.54, 1.807) is 11.8 Å². The molecule has 0 saturated heterocycles. The van der Waals surface area contributed by atoms with Crippen LogP contribution in [-0.4, -0.2) is 22.3 Å². The molecule has 0 aliphatic rings. The highest BCUT2D eigenvalue weighted by Gasteiger charge is 2.11. The van der Waals surface area contributed by atoms with Crippen LogP contribution >= 0.6 is 23.1 Å². The average Bonchev–Trinajstić information content (AvgIpc) is 2.98. The largest absolute Gasteiger partial charge is 0.494 e. The molecule has 0 saturated carbocycles. The number of nitrogens with zero attached hydrogens (tertiary/aromatic N) is 2. The molecule has 0 atom stereocenters. The van der Waals surface area contributed by atoms with Crippen molar-refractivity contribution in [3.05, 3.63) is 65.5 Å². The highest BCUT2D eigenvalue weighted by Crippen LogP contribution is 2.25. The molecule has 6 heteroatoms. The Morgan fingerprint density at radius 2 is 2.14 bits per heavy atom. The standard InChI is InChI=1S/C22H24N2O2S2/c1-5-12-24-19-11-10-17(26-6-2)14-20(19)28-22(24)23-21(25)16-8-7-9-18(13-16)27-15(3)4/h5,7-11,13-15H,1,6,12H2,2-4H3. The van der Waals surface area contributed by atoms with Gasteiger partial charge >= 0.3 is 0 Å². The highest BCUT2D eigenvalue weighted by molar-refractivity contribution is 7.99. The first kappa shape index (κ1) is 20.4. The number of rotatable bonds is 7. The maximum absolute atomic E-state index is 12.8. The van der Waals surface area contributed by atoms with E-state index < -0.39 is 0 Å². The molecule has 2 aromatic carbocycles. The van der Waals surface area contributed by atoms with Crippen molar-refractivity contribution in [1.82, 2.24) is 4.57 Å². The minimum absolute atomic E-state index is 0.236. The lowest BCUT2D eigenvalue weighted by Gasteiger charge is -2.05. The quantitative estimate of drug-likeness (QED) is 0.379. The molecule has 146 valence electrons. The van der Waals surface area contributed by atoms with Crippen LogP contribution in [0.25, 0.3) is 10.2 Å². The normalized spacial score (nSPS) is 11.9. The van der Waals surface area contributed by atoms with Crippen molar-refractivity contribution in [2.24, 2.45) is 4.99 Å². The number of amides is 1. The van der Waals surface area contributed by atoms with Crippen molar-refractivity contribution in [3.8, 4) is 5.75 Å². The predicted octanol–water partition coefficient (Wildman–Crippen LogP) is 5.53. The number of benzene rings is 2. The van der Waals surface area contributed by atoms with Gasteiger partial charge in [0.15, 0.2) is 4.80 Å². The maximum Gasteiger partial charge on any atom is 0.279 e. The van der Waals surface area contributed by atoms with E-state index in [1.807, 2.05) is 60.0 Å². The van der Waals surface area contributed by atoms with Crippen LogP contribution in [0.15, 0.2) is 65.0 Å². The Bertz CT molecular complexity index is 1060. The molecule has 0 unspecified atom stereocenters. The molecule has 4 nitrogen and oxygen atoms in total. The molecule has 0 bridgehead atoms. The number of thioether (sulfide) groups is 1. The number of hydrogen-bond acceptors (Lipinski definition) is 4. The first-order valence-electron chi connectivity index (χ1n) is 9.24. The molecule has 28 heavy (non-hydrogen) atoms. The zero-order valence-electron chi connectivity index (χ0n) is 16.3. The van der Waals surface area contributed by atoms with Gasteiger partial charge in [-0.3, -0.25) is 4.79 Å². The van der Waals surface area contributed by atoms with Gasteiger partial charge in [-0.1, -0.05) is 37.3 Å². The summed E-state index contributed by atoms with van der Waals surface area (Å²) in [5.74, 6) is 0.582. The van der Waals surface area contributed by atoms with E-state index in [1.165, 1.54) is 11.3 Å². The maximum atomic E-state index is 12.8. The van der Waals surface area contributed by atoms with Gasteiger partial charge in [0.1, 0.15) is 5.75 Å². The Kier molecular flexibility index (Phi) is 6.75. The lowest BCUT2D eigenvalue weighted by atomic mass is 10.2. The first-order chi connectivity index (χ1) is 13.5. The minimum atomic E-state index is -0.236. The van der Waals surface area contributed by atoms with E-state index >= 15 is 0 Å². The number of aromatic nitrogens is 1. The van der Waals surface area contributed by atoms with Crippen LogP contribution in [0.5, 0.6) is 5.75 Å². The van der Waals surface area contributed by atoms with Crippen LogP contribution < -0.4 is 9.54 Å². The topological polar surface area (TPSA) is 43.6 Å². The van der Waals surface area contributed by atoms with Crippen molar-refractivity contribution < 1.29 is 9.53 Å². The van der Waals surface area contributed by atoms with Crippen molar-refractivity contribution in [1.29, 1.82) is 0 Å². The molecule has 0 spiro atoms. The third-order valence-corrected chi connectivity index (χ3v) is 5.97. The van der Waals surface area contributed by atoms with Crippen LogP contribution in [0, 0.1) is 0 Å². The molecule has 1 amide bonds. The summed E-state index contributed by atoms with van der Waals surface area (Å²) in [4.78, 5) is 19.0. The molecule has 0 aliphatic heterocycles. The zero-order chi connectivity index (χ0) is 20.1. The lowest BCUT2D eigenvalue weighted by molar-refractivity contribution is 0.0997. The fourth-order valence-corrected chi connectivity index (χ4v) is 4.79. The molecule has 1 aromatic heterocycles. The SMILES string of the molecule is C=CCn1c(=NC(=O)c2cccc(SC(C)C)c2)sc2cc(OCC)ccc21. The monoisotopic (exact) mass is 412 g/mol. The third-order valence-electron chi connectivity index (χ3n) is 3.93. The van der Waals surface area contributed by atoms with Gasteiger partial charge in [-0.25, -0.2) is 0 Å². The molecule has 3 aromatic rings. The van der Waals surface area contributed by atoms with E-state index in [4.69, 9.17) is 4.74 Å². The average molecular weight is 413 g/mol. The summed E-state index contributed by atoms with van der Waals surface area (Å²) in [6.07, 6.45) is 1.81. The molecule has 0 aliphatic carbocycles. The summed E-state index contributed by atoms with van der Waals surface area (Å²) in [5, 5.41) is 0.458. The molecule has 1 heterocycles. The van der Waals surface area contributed by atoms with Gasteiger partial charge in [0.25, 0.3) is 5.91 Å². The number of carbonyl (C=O) groups is 1. The summed E-state index contributed by atoms with van der Waals surface area (Å²) in [5.41, 5.74) is 1.62. The summed E-state index contributed by atoms with van der Waals surface area (Å²) >= 11 is 3.22. The van der Waals surface area contributed by atoms with Gasteiger partial charge in [0, 0.05) is 22.3 Å². The molecule has 0 radical (unpaired) electrons. The van der Waals surface area contributed by atoms with Crippen molar-refractivity contribution in [3.63, 3.8) is 0 Å². The second-order valence-corrected chi connectivity index (χ2v) is 9.12. The Balaban J connectivity index is 2.03. The van der Waals surface area contributed by atoms with E-state index in [2.05, 4.69) is 25.4 Å². The predicted molar refractivity (Wildman–Crippen MR) is 119 cm³/mol. The second kappa shape index (κ2) is 9.26. The number of carbonyl (C=O) groups excluding carboxylic acids is 1. The minimum Gasteiger partial charge on any atom is -0.494 e. The van der Waals surface area contributed by atoms with Gasteiger partial charge in [-0.05, 0) is 43.3 Å². The van der Waals surface area contributed by atoms with Crippen LogP contribution in [0.4, 0.5) is 0 Å². The number of hydrogen-bond donors (Lipinski definition) is 0. The van der Waals surface area contributed by atoms with Gasteiger partial charge < -0.3 is 9.30 Å². The van der Waals surface area contributed by atoms with E-state index in [-0.39, 0.29) is 5.91 Å². The third kappa shape index (κ3) is 4.75.